The molecule has 0 aromatic carbocycles. The Morgan fingerprint density at radius 2 is 1.94 bits per heavy atom. The van der Waals surface area contributed by atoms with Crippen LogP contribution in [0.25, 0.3) is 0 Å². The van der Waals surface area contributed by atoms with Crippen LogP contribution in [0.3, 0.4) is 0 Å². The van der Waals surface area contributed by atoms with Crippen molar-refractivity contribution >= 4 is 11.3 Å². The second-order valence-electron chi connectivity index (χ2n) is 4.50. The van der Waals surface area contributed by atoms with Crippen molar-refractivity contribution in [2.75, 3.05) is 19.7 Å². The number of hydrogen-bond donors (Lipinski definition) is 1. The number of rotatable bonds is 2. The molecule has 2 fully saturated rings. The van der Waals surface area contributed by atoms with Crippen molar-refractivity contribution < 1.29 is 4.74 Å². The van der Waals surface area contributed by atoms with Gasteiger partial charge in [-0.15, -0.1) is 10.2 Å². The van der Waals surface area contributed by atoms with Crippen LogP contribution in [0.4, 0.5) is 0 Å². The Morgan fingerprint density at radius 1 is 1.12 bits per heavy atom. The first-order valence-electron chi connectivity index (χ1n) is 6.09. The molecule has 1 unspecified atom stereocenters. The number of piperidine rings is 1. The highest BCUT2D eigenvalue weighted by atomic mass is 32.1. The maximum Gasteiger partial charge on any atom is 0.146 e. The van der Waals surface area contributed by atoms with E-state index < -0.39 is 0 Å². The summed E-state index contributed by atoms with van der Waals surface area (Å²) in [5, 5.41) is 14.3. The summed E-state index contributed by atoms with van der Waals surface area (Å²) in [5.41, 5.74) is 0. The lowest BCUT2D eigenvalue weighted by molar-refractivity contribution is 0.111. The fraction of sp³-hybridized carbons (Fsp3) is 0.818. The number of hydrogen-bond acceptors (Lipinski definition) is 5. The minimum atomic E-state index is 0.230. The quantitative estimate of drug-likeness (QED) is 0.855. The number of aromatic nitrogens is 2. The zero-order chi connectivity index (χ0) is 10.8. The lowest BCUT2D eigenvalue weighted by atomic mass is 9.99. The molecule has 0 aliphatic carbocycles. The van der Waals surface area contributed by atoms with Gasteiger partial charge in [0, 0.05) is 12.5 Å². The summed E-state index contributed by atoms with van der Waals surface area (Å²) in [5.74, 6) is 0.619. The van der Waals surface area contributed by atoms with Crippen molar-refractivity contribution in [3.8, 4) is 0 Å². The summed E-state index contributed by atoms with van der Waals surface area (Å²) < 4.78 is 5.64. The summed E-state index contributed by atoms with van der Waals surface area (Å²) in [4.78, 5) is 0. The van der Waals surface area contributed by atoms with Gasteiger partial charge in [-0.2, -0.15) is 0 Å². The SMILES string of the molecule is C1COC(c2nnc(C3CCNCC3)s2)C1. The third kappa shape index (κ3) is 2.12. The van der Waals surface area contributed by atoms with Gasteiger partial charge in [0.05, 0.1) is 0 Å². The topological polar surface area (TPSA) is 47.0 Å². The molecule has 3 heterocycles. The molecule has 88 valence electrons. The Hall–Kier alpha value is -0.520. The second-order valence-corrected chi connectivity index (χ2v) is 5.55. The number of ether oxygens (including phenoxy) is 1. The highest BCUT2D eigenvalue weighted by molar-refractivity contribution is 7.11. The average Bonchev–Trinajstić information content (AvgIpc) is 3.01. The van der Waals surface area contributed by atoms with E-state index in [4.69, 9.17) is 4.74 Å². The lowest BCUT2D eigenvalue weighted by Gasteiger charge is -2.19. The highest BCUT2D eigenvalue weighted by Gasteiger charge is 2.25. The number of nitrogens with one attached hydrogen (secondary N) is 1. The van der Waals surface area contributed by atoms with Crippen LogP contribution >= 0.6 is 11.3 Å². The van der Waals surface area contributed by atoms with Gasteiger partial charge in [0.1, 0.15) is 16.1 Å². The van der Waals surface area contributed by atoms with Gasteiger partial charge in [-0.05, 0) is 38.8 Å². The van der Waals surface area contributed by atoms with Crippen LogP contribution < -0.4 is 5.32 Å². The molecule has 0 amide bonds. The molecule has 1 atom stereocenters. The zero-order valence-electron chi connectivity index (χ0n) is 9.32. The van der Waals surface area contributed by atoms with Crippen LogP contribution in [0.1, 0.15) is 47.7 Å². The van der Waals surface area contributed by atoms with Gasteiger partial charge in [0.2, 0.25) is 0 Å². The maximum absolute atomic E-state index is 5.64. The van der Waals surface area contributed by atoms with Gasteiger partial charge in [-0.25, -0.2) is 0 Å². The zero-order valence-corrected chi connectivity index (χ0v) is 10.1. The first-order chi connectivity index (χ1) is 7.93. The van der Waals surface area contributed by atoms with Crippen LogP contribution in [0.15, 0.2) is 0 Å². The monoisotopic (exact) mass is 239 g/mol. The van der Waals surface area contributed by atoms with Crippen LogP contribution in [0, 0.1) is 0 Å². The Bertz CT molecular complexity index is 343. The van der Waals surface area contributed by atoms with Gasteiger partial charge >= 0.3 is 0 Å². The maximum atomic E-state index is 5.64. The number of nitrogens with zero attached hydrogens (tertiary/aromatic N) is 2. The molecule has 1 aromatic rings. The molecule has 2 saturated heterocycles. The van der Waals surface area contributed by atoms with E-state index in [-0.39, 0.29) is 6.10 Å². The van der Waals surface area contributed by atoms with Gasteiger partial charge in [-0.1, -0.05) is 11.3 Å². The minimum absolute atomic E-state index is 0.230. The Morgan fingerprint density at radius 3 is 2.69 bits per heavy atom. The molecule has 0 radical (unpaired) electrons. The first-order valence-corrected chi connectivity index (χ1v) is 6.91. The van der Waals surface area contributed by atoms with E-state index in [1.54, 1.807) is 11.3 Å². The minimum Gasteiger partial charge on any atom is -0.371 e. The van der Waals surface area contributed by atoms with E-state index in [0.29, 0.717) is 5.92 Å². The molecule has 0 saturated carbocycles. The normalized spacial score (nSPS) is 27.4. The predicted octanol–water partition coefficient (Wildman–Crippen LogP) is 1.86. The van der Waals surface area contributed by atoms with E-state index in [9.17, 15) is 0 Å². The van der Waals surface area contributed by atoms with Crippen LogP contribution in [0.2, 0.25) is 0 Å². The van der Waals surface area contributed by atoms with Crippen molar-refractivity contribution in [2.24, 2.45) is 0 Å². The molecule has 1 N–H and O–H groups in total. The molecule has 2 aliphatic heterocycles. The predicted molar refractivity (Wildman–Crippen MR) is 62.7 cm³/mol. The smallest absolute Gasteiger partial charge is 0.146 e. The van der Waals surface area contributed by atoms with Crippen LogP contribution in [-0.4, -0.2) is 29.9 Å². The first kappa shape index (κ1) is 10.6. The molecule has 3 rings (SSSR count). The fourth-order valence-electron chi connectivity index (χ4n) is 2.38. The van der Waals surface area contributed by atoms with Gasteiger partial charge in [0.25, 0.3) is 0 Å². The lowest BCUT2D eigenvalue weighted by Crippen LogP contribution is -2.26. The molecule has 0 bridgehead atoms. The Labute approximate surface area is 99.4 Å². The van der Waals surface area contributed by atoms with Crippen molar-refractivity contribution in [3.63, 3.8) is 0 Å². The molecular formula is C11H17N3OS. The third-order valence-electron chi connectivity index (χ3n) is 3.35. The van der Waals surface area contributed by atoms with Crippen molar-refractivity contribution in [1.29, 1.82) is 0 Å². The van der Waals surface area contributed by atoms with Crippen LogP contribution in [0.5, 0.6) is 0 Å². The van der Waals surface area contributed by atoms with Gasteiger partial charge in [-0.3, -0.25) is 0 Å². The van der Waals surface area contributed by atoms with Crippen molar-refractivity contribution in [3.05, 3.63) is 10.0 Å². The molecule has 1 aromatic heterocycles. The van der Waals surface area contributed by atoms with Crippen molar-refractivity contribution in [2.45, 2.75) is 37.7 Å². The van der Waals surface area contributed by atoms with Gasteiger partial charge < -0.3 is 10.1 Å². The summed E-state index contributed by atoms with van der Waals surface area (Å²) in [6.07, 6.45) is 4.89. The molecule has 5 heteroatoms. The molecule has 0 spiro atoms. The average molecular weight is 239 g/mol. The Balaban J connectivity index is 1.71. The van der Waals surface area contributed by atoms with Gasteiger partial charge in [0.15, 0.2) is 0 Å². The summed E-state index contributed by atoms with van der Waals surface area (Å²) in [7, 11) is 0. The summed E-state index contributed by atoms with van der Waals surface area (Å²) in [6, 6.07) is 0. The standard InChI is InChI=1S/C11H17N3OS/c1-2-9(15-7-1)11-14-13-10(16-11)8-3-5-12-6-4-8/h8-9,12H,1-7H2. The largest absolute Gasteiger partial charge is 0.371 e. The fourth-order valence-corrected chi connectivity index (χ4v) is 3.48. The molecular weight excluding hydrogens is 222 g/mol. The molecule has 2 aliphatic rings. The third-order valence-corrected chi connectivity index (χ3v) is 4.53. The van der Waals surface area contributed by atoms with E-state index in [0.717, 1.165) is 37.5 Å². The van der Waals surface area contributed by atoms with E-state index >= 15 is 0 Å². The summed E-state index contributed by atoms with van der Waals surface area (Å²) in [6.45, 7) is 3.10. The van der Waals surface area contributed by atoms with E-state index in [1.807, 2.05) is 0 Å². The van der Waals surface area contributed by atoms with Crippen molar-refractivity contribution in [1.82, 2.24) is 15.5 Å². The summed E-state index contributed by atoms with van der Waals surface area (Å²) >= 11 is 1.76. The molecule has 4 nitrogen and oxygen atoms in total. The van der Waals surface area contributed by atoms with E-state index in [1.165, 1.54) is 17.8 Å². The van der Waals surface area contributed by atoms with Crippen LogP contribution in [-0.2, 0) is 4.74 Å². The molecule has 16 heavy (non-hydrogen) atoms. The van der Waals surface area contributed by atoms with E-state index in [2.05, 4.69) is 15.5 Å². The Kier molecular flexibility index (Phi) is 3.17. The second kappa shape index (κ2) is 4.77. The highest BCUT2D eigenvalue weighted by Crippen LogP contribution is 2.34.